The van der Waals surface area contributed by atoms with Gasteiger partial charge in [0.15, 0.2) is 17.1 Å². The zero-order valence-electron chi connectivity index (χ0n) is 14.3. The highest BCUT2D eigenvalue weighted by atomic mass is 79.9. The fourth-order valence-corrected chi connectivity index (χ4v) is 3.29. The molecule has 136 valence electrons. The van der Waals surface area contributed by atoms with E-state index in [1.54, 1.807) is 0 Å². The fraction of sp³-hybridized carbons (Fsp3) is 0.105. The largest absolute Gasteiger partial charge is 0.486 e. The second-order valence-corrected chi connectivity index (χ2v) is 6.75. The van der Waals surface area contributed by atoms with Crippen molar-refractivity contribution in [3.8, 4) is 5.75 Å². The molecule has 4 aromatic rings. The molecule has 0 radical (unpaired) electrons. The van der Waals surface area contributed by atoms with Crippen molar-refractivity contribution in [3.63, 3.8) is 0 Å². The van der Waals surface area contributed by atoms with Gasteiger partial charge in [-0.15, -0.1) is 5.10 Å². The van der Waals surface area contributed by atoms with Gasteiger partial charge in [-0.1, -0.05) is 46.3 Å². The van der Waals surface area contributed by atoms with Gasteiger partial charge in [-0.25, -0.2) is 4.79 Å². The Labute approximate surface area is 162 Å². The average Bonchev–Trinajstić information content (AvgIpc) is 3.07. The van der Waals surface area contributed by atoms with Gasteiger partial charge in [0.2, 0.25) is 5.95 Å². The fourth-order valence-electron chi connectivity index (χ4n) is 2.93. The number of carbonyl (C=O) groups is 1. The number of hydrogen-bond donors (Lipinski definition) is 1. The van der Waals surface area contributed by atoms with Crippen molar-refractivity contribution < 1.29 is 14.3 Å². The highest BCUT2D eigenvalue weighted by Gasteiger charge is 2.25. The van der Waals surface area contributed by atoms with E-state index in [-0.39, 0.29) is 18.2 Å². The molecular weight excluding hydrogens is 412 g/mol. The maximum Gasteiger partial charge on any atom is 0.360 e. The van der Waals surface area contributed by atoms with Crippen molar-refractivity contribution in [3.05, 3.63) is 64.3 Å². The van der Waals surface area contributed by atoms with Gasteiger partial charge >= 0.3 is 5.97 Å². The van der Waals surface area contributed by atoms with E-state index in [0.717, 1.165) is 20.8 Å². The molecule has 2 N–H and O–H groups in total. The lowest BCUT2D eigenvalue weighted by molar-refractivity contribution is 0.0585. The Morgan fingerprint density at radius 3 is 2.70 bits per heavy atom. The van der Waals surface area contributed by atoms with Crippen molar-refractivity contribution in [2.24, 2.45) is 0 Å². The van der Waals surface area contributed by atoms with E-state index in [0.29, 0.717) is 11.4 Å². The smallest absolute Gasteiger partial charge is 0.360 e. The molecule has 0 aliphatic heterocycles. The number of hydrogen-bond acceptors (Lipinski definition) is 6. The molecule has 0 saturated carbocycles. The Kier molecular flexibility index (Phi) is 4.41. The number of rotatable bonds is 4. The second kappa shape index (κ2) is 6.88. The number of aromatic nitrogens is 3. The van der Waals surface area contributed by atoms with Crippen LogP contribution in [0.5, 0.6) is 5.75 Å². The molecule has 0 amide bonds. The number of ether oxygens (including phenoxy) is 2. The number of benzene rings is 2. The van der Waals surface area contributed by atoms with Crippen LogP contribution in [0, 0.1) is 0 Å². The van der Waals surface area contributed by atoms with Gasteiger partial charge < -0.3 is 15.2 Å². The van der Waals surface area contributed by atoms with Gasteiger partial charge in [0, 0.05) is 15.2 Å². The van der Waals surface area contributed by atoms with Gasteiger partial charge in [-0.2, -0.15) is 9.50 Å². The molecule has 2 aromatic heterocycles. The predicted octanol–water partition coefficient (Wildman–Crippen LogP) is 3.59. The highest BCUT2D eigenvalue weighted by molar-refractivity contribution is 9.10. The molecule has 0 unspecified atom stereocenters. The van der Waals surface area contributed by atoms with Gasteiger partial charge in [-0.3, -0.25) is 0 Å². The SMILES string of the molecule is COC(=O)c1c(OCc2ccccc2)c2ccc(Br)cc2c2nc(N)nn12. The first-order chi connectivity index (χ1) is 13.1. The Morgan fingerprint density at radius 1 is 1.19 bits per heavy atom. The van der Waals surface area contributed by atoms with Gasteiger partial charge in [0.05, 0.1) is 7.11 Å². The van der Waals surface area contributed by atoms with Crippen molar-refractivity contribution in [2.45, 2.75) is 6.61 Å². The summed E-state index contributed by atoms with van der Waals surface area (Å²) in [5.74, 6) is -0.162. The molecule has 0 aliphatic carbocycles. The van der Waals surface area contributed by atoms with E-state index in [9.17, 15) is 4.79 Å². The monoisotopic (exact) mass is 426 g/mol. The molecule has 8 heteroatoms. The number of anilines is 1. The maximum atomic E-state index is 12.5. The summed E-state index contributed by atoms with van der Waals surface area (Å²) in [7, 11) is 1.31. The minimum atomic E-state index is -0.585. The summed E-state index contributed by atoms with van der Waals surface area (Å²) < 4.78 is 13.3. The highest BCUT2D eigenvalue weighted by Crippen LogP contribution is 2.35. The van der Waals surface area contributed by atoms with Crippen molar-refractivity contribution in [1.82, 2.24) is 14.6 Å². The van der Waals surface area contributed by atoms with Crippen LogP contribution in [-0.2, 0) is 11.3 Å². The number of nitrogens with two attached hydrogens (primary N) is 1. The first-order valence-electron chi connectivity index (χ1n) is 8.11. The van der Waals surface area contributed by atoms with Crippen LogP contribution in [0.2, 0.25) is 0 Å². The number of fused-ring (bicyclic) bond motifs is 3. The summed E-state index contributed by atoms with van der Waals surface area (Å²) in [6.45, 7) is 0.283. The third-order valence-corrected chi connectivity index (χ3v) is 4.62. The number of esters is 1. The number of halogens is 1. The summed E-state index contributed by atoms with van der Waals surface area (Å²) >= 11 is 3.47. The number of nitrogen functional groups attached to an aromatic ring is 1. The number of carbonyl (C=O) groups excluding carboxylic acids is 1. The van der Waals surface area contributed by atoms with E-state index in [1.807, 2.05) is 48.5 Å². The third kappa shape index (κ3) is 3.08. The summed E-state index contributed by atoms with van der Waals surface area (Å²) in [5, 5.41) is 5.64. The molecular formula is C19H15BrN4O3. The van der Waals surface area contributed by atoms with Crippen LogP contribution in [-0.4, -0.2) is 27.7 Å². The number of pyridine rings is 1. The average molecular weight is 427 g/mol. The molecule has 0 spiro atoms. The lowest BCUT2D eigenvalue weighted by Gasteiger charge is -2.15. The van der Waals surface area contributed by atoms with E-state index in [1.165, 1.54) is 11.6 Å². The minimum Gasteiger partial charge on any atom is -0.486 e. The van der Waals surface area contributed by atoms with Crippen LogP contribution >= 0.6 is 15.9 Å². The third-order valence-electron chi connectivity index (χ3n) is 4.12. The summed E-state index contributed by atoms with van der Waals surface area (Å²) in [6.07, 6.45) is 0. The first-order valence-corrected chi connectivity index (χ1v) is 8.90. The van der Waals surface area contributed by atoms with Crippen LogP contribution in [0.25, 0.3) is 16.4 Å². The van der Waals surface area contributed by atoms with E-state index >= 15 is 0 Å². The Morgan fingerprint density at radius 2 is 1.96 bits per heavy atom. The zero-order valence-corrected chi connectivity index (χ0v) is 15.9. The van der Waals surface area contributed by atoms with E-state index in [4.69, 9.17) is 15.2 Å². The molecule has 7 nitrogen and oxygen atoms in total. The van der Waals surface area contributed by atoms with E-state index in [2.05, 4.69) is 26.0 Å². The Bertz CT molecular complexity index is 1160. The Hall–Kier alpha value is -3.13. The topological polar surface area (TPSA) is 91.7 Å². The molecule has 0 atom stereocenters. The first kappa shape index (κ1) is 17.3. The van der Waals surface area contributed by atoms with Gasteiger partial charge in [0.25, 0.3) is 0 Å². The van der Waals surface area contributed by atoms with Crippen LogP contribution < -0.4 is 10.5 Å². The molecule has 0 fully saturated rings. The quantitative estimate of drug-likeness (QED) is 0.501. The molecule has 4 rings (SSSR count). The van der Waals surface area contributed by atoms with Crippen molar-refractivity contribution >= 4 is 44.3 Å². The summed E-state index contributed by atoms with van der Waals surface area (Å²) in [4.78, 5) is 16.8. The maximum absolute atomic E-state index is 12.5. The lowest BCUT2D eigenvalue weighted by atomic mass is 10.1. The second-order valence-electron chi connectivity index (χ2n) is 5.84. The van der Waals surface area contributed by atoms with Gasteiger partial charge in [0.1, 0.15) is 6.61 Å². The molecule has 2 aromatic carbocycles. The summed E-state index contributed by atoms with van der Waals surface area (Å²) in [5.41, 5.74) is 7.36. The zero-order chi connectivity index (χ0) is 19.0. The van der Waals surface area contributed by atoms with Gasteiger partial charge in [-0.05, 0) is 23.8 Å². The molecule has 0 bridgehead atoms. The predicted molar refractivity (Wildman–Crippen MR) is 105 cm³/mol. The minimum absolute atomic E-state index is 0.0571. The van der Waals surface area contributed by atoms with Crippen molar-refractivity contribution in [1.29, 1.82) is 0 Å². The number of methoxy groups -OCH3 is 1. The number of nitrogens with zero attached hydrogens (tertiary/aromatic N) is 3. The standard InChI is InChI=1S/C19H15BrN4O3/c1-26-18(25)15-16(27-10-11-5-3-2-4-6-11)13-8-7-12(20)9-14(13)17-22-19(21)23-24(15)17/h2-9H,10H2,1H3,(H2,21,23). The van der Waals surface area contributed by atoms with Crippen LogP contribution in [0.3, 0.4) is 0 Å². The lowest BCUT2D eigenvalue weighted by Crippen LogP contribution is -2.13. The van der Waals surface area contributed by atoms with Crippen LogP contribution in [0.1, 0.15) is 16.1 Å². The normalized spacial score (nSPS) is 11.0. The van der Waals surface area contributed by atoms with E-state index < -0.39 is 5.97 Å². The molecule has 27 heavy (non-hydrogen) atoms. The van der Waals surface area contributed by atoms with Crippen LogP contribution in [0.4, 0.5) is 5.95 Å². The van der Waals surface area contributed by atoms with Crippen molar-refractivity contribution in [2.75, 3.05) is 12.8 Å². The Balaban J connectivity index is 1.99. The summed E-state index contributed by atoms with van der Waals surface area (Å²) in [6, 6.07) is 15.3. The molecule has 0 aliphatic rings. The molecule has 0 saturated heterocycles. The van der Waals surface area contributed by atoms with Crippen LogP contribution in [0.15, 0.2) is 53.0 Å². The molecule has 2 heterocycles.